The minimum atomic E-state index is -1.47. The summed E-state index contributed by atoms with van der Waals surface area (Å²) in [6.07, 6.45) is 0. The van der Waals surface area contributed by atoms with Crippen LogP contribution in [0.5, 0.6) is 11.5 Å². The number of benzene rings is 2. The van der Waals surface area contributed by atoms with Gasteiger partial charge in [0.1, 0.15) is 19.0 Å². The summed E-state index contributed by atoms with van der Waals surface area (Å²) < 4.78 is 44.5. The standard InChI is InChI=1S/C21H20FNO5S/c1-3-26-21(24)20-15-10-18-19(28-9-8-27-18)11-16(15)23(2)17(20)12-29(25)14-6-4-13(22)5-7-14/h4-7,10-11H,3,8-9,12H2,1-2H3. The van der Waals surface area contributed by atoms with Crippen molar-refractivity contribution in [3.63, 3.8) is 0 Å². The number of hydrogen-bond donors (Lipinski definition) is 0. The van der Waals surface area contributed by atoms with Gasteiger partial charge in [-0.25, -0.2) is 9.18 Å². The molecule has 0 saturated carbocycles. The Kier molecular flexibility index (Phi) is 5.27. The lowest BCUT2D eigenvalue weighted by atomic mass is 10.1. The molecule has 6 nitrogen and oxygen atoms in total. The van der Waals surface area contributed by atoms with Gasteiger partial charge in [-0.05, 0) is 37.3 Å². The third kappa shape index (κ3) is 3.60. The van der Waals surface area contributed by atoms with Crippen LogP contribution in [0.3, 0.4) is 0 Å². The van der Waals surface area contributed by atoms with Crippen molar-refractivity contribution in [2.45, 2.75) is 17.6 Å². The first-order valence-electron chi connectivity index (χ1n) is 9.21. The summed E-state index contributed by atoms with van der Waals surface area (Å²) in [5, 5.41) is 0.654. The number of carbonyl (C=O) groups is 1. The van der Waals surface area contributed by atoms with Gasteiger partial charge in [0.15, 0.2) is 11.5 Å². The molecular formula is C21H20FNO5S. The number of esters is 1. The average molecular weight is 417 g/mol. The van der Waals surface area contributed by atoms with E-state index in [1.54, 1.807) is 20.0 Å². The number of nitrogens with zero attached hydrogens (tertiary/aromatic N) is 1. The van der Waals surface area contributed by atoms with E-state index in [0.29, 0.717) is 46.3 Å². The van der Waals surface area contributed by atoms with Crippen LogP contribution >= 0.6 is 0 Å². The van der Waals surface area contributed by atoms with Gasteiger partial charge in [-0.3, -0.25) is 4.21 Å². The molecule has 2 aromatic carbocycles. The van der Waals surface area contributed by atoms with Gasteiger partial charge < -0.3 is 18.8 Å². The van der Waals surface area contributed by atoms with Crippen molar-refractivity contribution in [3.05, 3.63) is 53.5 Å². The molecule has 1 aliphatic rings. The van der Waals surface area contributed by atoms with Crippen molar-refractivity contribution in [2.24, 2.45) is 7.05 Å². The topological polar surface area (TPSA) is 66.8 Å². The van der Waals surface area contributed by atoms with E-state index in [4.69, 9.17) is 14.2 Å². The highest BCUT2D eigenvalue weighted by atomic mass is 32.2. The second kappa shape index (κ2) is 7.87. The number of aryl methyl sites for hydroxylation is 1. The molecule has 0 N–H and O–H groups in total. The lowest BCUT2D eigenvalue weighted by Crippen LogP contribution is -2.15. The summed E-state index contributed by atoms with van der Waals surface area (Å²) in [4.78, 5) is 13.3. The molecule has 0 aliphatic carbocycles. The Morgan fingerprint density at radius 2 is 1.83 bits per heavy atom. The molecule has 4 rings (SSSR count). The van der Waals surface area contributed by atoms with E-state index >= 15 is 0 Å². The zero-order valence-corrected chi connectivity index (χ0v) is 16.9. The smallest absolute Gasteiger partial charge is 0.340 e. The number of ether oxygens (including phenoxy) is 3. The van der Waals surface area contributed by atoms with Gasteiger partial charge >= 0.3 is 5.97 Å². The number of hydrogen-bond acceptors (Lipinski definition) is 5. The maximum Gasteiger partial charge on any atom is 0.340 e. The monoisotopic (exact) mass is 417 g/mol. The van der Waals surface area contributed by atoms with Gasteiger partial charge in [0, 0.05) is 29.1 Å². The maximum absolute atomic E-state index is 13.2. The number of halogens is 1. The van der Waals surface area contributed by atoms with E-state index < -0.39 is 22.6 Å². The first-order valence-corrected chi connectivity index (χ1v) is 10.5. The predicted octanol–water partition coefficient (Wildman–Crippen LogP) is 3.57. The van der Waals surface area contributed by atoms with Crippen molar-refractivity contribution in [2.75, 3.05) is 19.8 Å². The summed E-state index contributed by atoms with van der Waals surface area (Å²) >= 11 is 0. The third-order valence-corrected chi connectivity index (χ3v) is 6.14. The Morgan fingerprint density at radius 1 is 1.17 bits per heavy atom. The number of fused-ring (bicyclic) bond motifs is 2. The van der Waals surface area contributed by atoms with Crippen LogP contribution in [-0.2, 0) is 28.3 Å². The Balaban J connectivity index is 1.83. The van der Waals surface area contributed by atoms with Crippen LogP contribution in [0, 0.1) is 5.82 Å². The number of aromatic nitrogens is 1. The summed E-state index contributed by atoms with van der Waals surface area (Å²) in [5.41, 5.74) is 1.68. The Labute approximate surface area is 169 Å². The molecule has 29 heavy (non-hydrogen) atoms. The summed E-state index contributed by atoms with van der Waals surface area (Å²) in [7, 11) is 0.334. The Bertz CT molecular complexity index is 1110. The van der Waals surface area contributed by atoms with Gasteiger partial charge in [-0.2, -0.15) is 0 Å². The van der Waals surface area contributed by atoms with Gasteiger partial charge in [-0.15, -0.1) is 0 Å². The minimum Gasteiger partial charge on any atom is -0.486 e. The lowest BCUT2D eigenvalue weighted by molar-refractivity contribution is 0.0527. The van der Waals surface area contributed by atoms with Crippen LogP contribution in [0.2, 0.25) is 0 Å². The van der Waals surface area contributed by atoms with Crippen LogP contribution in [0.1, 0.15) is 23.0 Å². The first-order chi connectivity index (χ1) is 14.0. The fourth-order valence-corrected chi connectivity index (χ4v) is 4.61. The van der Waals surface area contributed by atoms with Crippen molar-refractivity contribution >= 4 is 27.7 Å². The second-order valence-electron chi connectivity index (χ2n) is 6.56. The molecule has 1 aliphatic heterocycles. The highest BCUT2D eigenvalue weighted by Crippen LogP contribution is 2.38. The third-order valence-electron chi connectivity index (χ3n) is 4.81. The van der Waals surface area contributed by atoms with Gasteiger partial charge in [0.05, 0.1) is 34.2 Å². The van der Waals surface area contributed by atoms with Crippen LogP contribution in [0.25, 0.3) is 10.9 Å². The van der Waals surface area contributed by atoms with E-state index in [9.17, 15) is 13.4 Å². The molecule has 1 aromatic heterocycles. The molecular weight excluding hydrogens is 397 g/mol. The molecule has 2 heterocycles. The predicted molar refractivity (Wildman–Crippen MR) is 106 cm³/mol. The summed E-state index contributed by atoms with van der Waals surface area (Å²) in [6.45, 7) is 2.84. The molecule has 0 amide bonds. The minimum absolute atomic E-state index is 0.0807. The molecule has 0 radical (unpaired) electrons. The molecule has 0 bridgehead atoms. The van der Waals surface area contributed by atoms with Crippen molar-refractivity contribution in [3.8, 4) is 11.5 Å². The van der Waals surface area contributed by atoms with Crippen molar-refractivity contribution in [1.29, 1.82) is 0 Å². The highest BCUT2D eigenvalue weighted by Gasteiger charge is 2.26. The quantitative estimate of drug-likeness (QED) is 0.594. The zero-order chi connectivity index (χ0) is 20.5. The fourth-order valence-electron chi connectivity index (χ4n) is 3.42. The molecule has 8 heteroatoms. The average Bonchev–Trinajstić information content (AvgIpc) is 2.98. The molecule has 0 spiro atoms. The van der Waals surface area contributed by atoms with Crippen LogP contribution in [0.15, 0.2) is 41.3 Å². The normalized spacial score (nSPS) is 14.0. The number of rotatable bonds is 5. The molecule has 3 aromatic rings. The summed E-state index contributed by atoms with van der Waals surface area (Å²) in [5.74, 6) is 0.364. The van der Waals surface area contributed by atoms with Crippen molar-refractivity contribution < 1.29 is 27.6 Å². The van der Waals surface area contributed by atoms with E-state index in [0.717, 1.165) is 5.52 Å². The lowest BCUT2D eigenvalue weighted by Gasteiger charge is -2.18. The van der Waals surface area contributed by atoms with Crippen LogP contribution in [0.4, 0.5) is 4.39 Å². The maximum atomic E-state index is 13.2. The fraction of sp³-hybridized carbons (Fsp3) is 0.286. The molecule has 1 unspecified atom stereocenters. The SMILES string of the molecule is CCOC(=O)c1c(CS(=O)c2ccc(F)cc2)n(C)c2cc3c(cc12)OCCO3. The Morgan fingerprint density at radius 3 is 2.48 bits per heavy atom. The molecule has 152 valence electrons. The van der Waals surface area contributed by atoms with E-state index in [1.165, 1.54) is 24.3 Å². The van der Waals surface area contributed by atoms with Gasteiger partial charge in [0.2, 0.25) is 0 Å². The van der Waals surface area contributed by atoms with E-state index in [-0.39, 0.29) is 12.4 Å². The van der Waals surface area contributed by atoms with E-state index in [1.807, 2.05) is 10.6 Å². The van der Waals surface area contributed by atoms with Crippen LogP contribution < -0.4 is 9.47 Å². The number of carbonyl (C=O) groups excluding carboxylic acids is 1. The molecule has 1 atom stereocenters. The molecule has 0 saturated heterocycles. The van der Waals surface area contributed by atoms with Crippen molar-refractivity contribution in [1.82, 2.24) is 4.57 Å². The van der Waals surface area contributed by atoms with Crippen LogP contribution in [-0.4, -0.2) is 34.6 Å². The Hall–Kier alpha value is -2.87. The van der Waals surface area contributed by atoms with E-state index in [2.05, 4.69) is 0 Å². The summed E-state index contributed by atoms with van der Waals surface area (Å²) in [6, 6.07) is 9.09. The zero-order valence-electron chi connectivity index (χ0n) is 16.1. The van der Waals surface area contributed by atoms with Gasteiger partial charge in [-0.1, -0.05) is 0 Å². The highest BCUT2D eigenvalue weighted by molar-refractivity contribution is 7.84. The first kappa shape index (κ1) is 19.4. The molecule has 0 fully saturated rings. The van der Waals surface area contributed by atoms with Gasteiger partial charge in [0.25, 0.3) is 0 Å². The largest absolute Gasteiger partial charge is 0.486 e. The second-order valence-corrected chi connectivity index (χ2v) is 8.01.